The highest BCUT2D eigenvalue weighted by atomic mass is 16.3. The number of carbonyl (C=O) groups excluding carboxylic acids is 1. The van der Waals surface area contributed by atoms with Crippen molar-refractivity contribution in [3.8, 4) is 0 Å². The lowest BCUT2D eigenvalue weighted by atomic mass is 9.93. The van der Waals surface area contributed by atoms with E-state index >= 15 is 0 Å². The van der Waals surface area contributed by atoms with E-state index < -0.39 is 0 Å². The van der Waals surface area contributed by atoms with Crippen molar-refractivity contribution in [3.05, 3.63) is 23.4 Å². The molecule has 1 amide bonds. The lowest BCUT2D eigenvalue weighted by Gasteiger charge is -2.23. The van der Waals surface area contributed by atoms with Crippen molar-refractivity contribution in [2.24, 2.45) is 0 Å². The van der Waals surface area contributed by atoms with Crippen molar-refractivity contribution in [2.45, 2.75) is 25.4 Å². The summed E-state index contributed by atoms with van der Waals surface area (Å²) in [6, 6.07) is 0. The van der Waals surface area contributed by atoms with Crippen molar-refractivity contribution in [1.82, 2.24) is 5.32 Å². The van der Waals surface area contributed by atoms with E-state index in [4.69, 9.17) is 0 Å². The second-order valence-corrected chi connectivity index (χ2v) is 3.20. The van der Waals surface area contributed by atoms with E-state index in [0.717, 1.165) is 12.1 Å². The largest absolute Gasteiger partial charge is 0.389 e. The lowest BCUT2D eigenvalue weighted by molar-refractivity contribution is -0.120. The van der Waals surface area contributed by atoms with Crippen molar-refractivity contribution in [2.75, 3.05) is 0 Å². The van der Waals surface area contributed by atoms with E-state index in [0.29, 0.717) is 12.8 Å². The number of allylic oxidation sites excluding steroid dienone is 1. The molecule has 3 heteroatoms. The van der Waals surface area contributed by atoms with Crippen molar-refractivity contribution in [3.63, 3.8) is 0 Å². The maximum Gasteiger partial charge on any atom is 0.224 e. The molecule has 1 heterocycles. The molecular formula is C9H11NO2. The Hall–Kier alpha value is -1.09. The first-order valence-corrected chi connectivity index (χ1v) is 4.14. The zero-order valence-corrected chi connectivity index (χ0v) is 6.71. The number of nitrogens with one attached hydrogen (secondary N) is 1. The summed E-state index contributed by atoms with van der Waals surface area (Å²) in [4.78, 5) is 11.0. The van der Waals surface area contributed by atoms with E-state index in [1.54, 1.807) is 12.2 Å². The minimum absolute atomic E-state index is 0.0785. The van der Waals surface area contributed by atoms with E-state index in [1.165, 1.54) is 5.57 Å². The highest BCUT2D eigenvalue weighted by molar-refractivity contribution is 5.80. The van der Waals surface area contributed by atoms with Crippen LogP contribution < -0.4 is 5.32 Å². The molecule has 1 aliphatic heterocycles. The van der Waals surface area contributed by atoms with Gasteiger partial charge in [0.05, 0.1) is 6.10 Å². The SMILES string of the molecule is O=C1CCC2=C(C=CC(O)C2)N1. The fourth-order valence-corrected chi connectivity index (χ4v) is 1.60. The number of amides is 1. The second kappa shape index (κ2) is 2.75. The van der Waals surface area contributed by atoms with Gasteiger partial charge in [0, 0.05) is 18.5 Å². The Balaban J connectivity index is 2.23. The molecule has 1 unspecified atom stereocenters. The molecular weight excluding hydrogens is 154 g/mol. The summed E-state index contributed by atoms with van der Waals surface area (Å²) in [5, 5.41) is 12.1. The number of aliphatic hydroxyl groups excluding tert-OH is 1. The second-order valence-electron chi connectivity index (χ2n) is 3.20. The van der Waals surface area contributed by atoms with Gasteiger partial charge in [-0.1, -0.05) is 6.08 Å². The van der Waals surface area contributed by atoms with Gasteiger partial charge >= 0.3 is 0 Å². The van der Waals surface area contributed by atoms with Crippen LogP contribution in [-0.4, -0.2) is 17.1 Å². The molecule has 1 aliphatic carbocycles. The molecule has 2 N–H and O–H groups in total. The summed E-state index contributed by atoms with van der Waals surface area (Å²) >= 11 is 0. The average Bonchev–Trinajstić information content (AvgIpc) is 2.05. The van der Waals surface area contributed by atoms with Crippen molar-refractivity contribution in [1.29, 1.82) is 0 Å². The van der Waals surface area contributed by atoms with Crippen LogP contribution in [0.1, 0.15) is 19.3 Å². The Morgan fingerprint density at radius 2 is 2.33 bits per heavy atom. The molecule has 0 aromatic heterocycles. The van der Waals surface area contributed by atoms with Gasteiger partial charge in [0.15, 0.2) is 0 Å². The molecule has 12 heavy (non-hydrogen) atoms. The summed E-state index contributed by atoms with van der Waals surface area (Å²) in [6.45, 7) is 0. The minimum Gasteiger partial charge on any atom is -0.389 e. The normalized spacial score (nSPS) is 28.4. The van der Waals surface area contributed by atoms with E-state index in [2.05, 4.69) is 5.32 Å². The first kappa shape index (κ1) is 7.55. The maximum atomic E-state index is 11.0. The van der Waals surface area contributed by atoms with Gasteiger partial charge in [-0.2, -0.15) is 0 Å². The lowest BCUT2D eigenvalue weighted by Crippen LogP contribution is -2.29. The van der Waals surface area contributed by atoms with E-state index in [9.17, 15) is 9.90 Å². The maximum absolute atomic E-state index is 11.0. The highest BCUT2D eigenvalue weighted by Crippen LogP contribution is 2.24. The van der Waals surface area contributed by atoms with Gasteiger partial charge in [0.2, 0.25) is 5.91 Å². The average molecular weight is 165 g/mol. The molecule has 2 rings (SSSR count). The van der Waals surface area contributed by atoms with Crippen LogP contribution >= 0.6 is 0 Å². The van der Waals surface area contributed by atoms with Gasteiger partial charge in [0.1, 0.15) is 0 Å². The molecule has 0 saturated carbocycles. The van der Waals surface area contributed by atoms with Crippen LogP contribution in [0.5, 0.6) is 0 Å². The molecule has 2 aliphatic rings. The van der Waals surface area contributed by atoms with Gasteiger partial charge in [-0.25, -0.2) is 0 Å². The molecule has 0 radical (unpaired) electrons. The Kier molecular flexibility index (Phi) is 1.73. The molecule has 0 saturated heterocycles. The molecule has 0 bridgehead atoms. The number of carbonyl (C=O) groups is 1. The summed E-state index contributed by atoms with van der Waals surface area (Å²) in [5.74, 6) is 0.0785. The van der Waals surface area contributed by atoms with Crippen molar-refractivity contribution >= 4 is 5.91 Å². The molecule has 3 nitrogen and oxygen atoms in total. The Bertz CT molecular complexity index is 278. The zero-order valence-electron chi connectivity index (χ0n) is 6.71. The van der Waals surface area contributed by atoms with Crippen LogP contribution in [0.15, 0.2) is 23.4 Å². The fourth-order valence-electron chi connectivity index (χ4n) is 1.60. The quantitative estimate of drug-likeness (QED) is 0.548. The predicted octanol–water partition coefficient (Wildman–Crippen LogP) is 0.471. The summed E-state index contributed by atoms with van der Waals surface area (Å²) < 4.78 is 0. The smallest absolute Gasteiger partial charge is 0.224 e. The minimum atomic E-state index is -0.362. The first-order valence-electron chi connectivity index (χ1n) is 4.14. The monoisotopic (exact) mass is 165 g/mol. The Morgan fingerprint density at radius 3 is 3.17 bits per heavy atom. The number of hydrogen-bond acceptors (Lipinski definition) is 2. The number of aliphatic hydroxyl groups is 1. The van der Waals surface area contributed by atoms with Gasteiger partial charge in [-0.05, 0) is 18.1 Å². The Morgan fingerprint density at radius 1 is 1.50 bits per heavy atom. The summed E-state index contributed by atoms with van der Waals surface area (Å²) in [7, 11) is 0. The number of hydrogen-bond donors (Lipinski definition) is 2. The molecule has 1 atom stereocenters. The molecule has 0 fully saturated rings. The van der Waals surface area contributed by atoms with Crippen LogP contribution in [0.3, 0.4) is 0 Å². The molecule has 0 aromatic carbocycles. The zero-order chi connectivity index (χ0) is 8.55. The third-order valence-corrected chi connectivity index (χ3v) is 2.25. The van der Waals surface area contributed by atoms with Gasteiger partial charge in [-0.15, -0.1) is 0 Å². The van der Waals surface area contributed by atoms with Crippen molar-refractivity contribution < 1.29 is 9.90 Å². The first-order chi connectivity index (χ1) is 5.75. The molecule has 0 spiro atoms. The van der Waals surface area contributed by atoms with Crippen LogP contribution in [0, 0.1) is 0 Å². The topological polar surface area (TPSA) is 49.3 Å². The number of rotatable bonds is 0. The predicted molar refractivity (Wildman–Crippen MR) is 44.2 cm³/mol. The van der Waals surface area contributed by atoms with Crippen LogP contribution in [0.2, 0.25) is 0 Å². The van der Waals surface area contributed by atoms with Gasteiger partial charge in [-0.3, -0.25) is 4.79 Å². The van der Waals surface area contributed by atoms with E-state index in [-0.39, 0.29) is 12.0 Å². The summed E-state index contributed by atoms with van der Waals surface area (Å²) in [5.41, 5.74) is 2.07. The van der Waals surface area contributed by atoms with Gasteiger partial charge in [0.25, 0.3) is 0 Å². The third-order valence-electron chi connectivity index (χ3n) is 2.25. The molecule has 0 aromatic rings. The third kappa shape index (κ3) is 1.28. The van der Waals surface area contributed by atoms with Crippen LogP contribution in [0.4, 0.5) is 0 Å². The molecule has 64 valence electrons. The van der Waals surface area contributed by atoms with Gasteiger partial charge < -0.3 is 10.4 Å². The fraction of sp³-hybridized carbons (Fsp3) is 0.444. The summed E-state index contributed by atoms with van der Waals surface area (Å²) in [6.07, 6.45) is 5.16. The standard InChI is InChI=1S/C9H11NO2/c11-7-2-3-8-6(5-7)1-4-9(12)10-8/h2-3,7,11H,1,4-5H2,(H,10,12). The van der Waals surface area contributed by atoms with Crippen LogP contribution in [-0.2, 0) is 4.79 Å². The Labute approximate surface area is 70.8 Å². The highest BCUT2D eigenvalue weighted by Gasteiger charge is 2.20. The van der Waals surface area contributed by atoms with E-state index in [1.807, 2.05) is 0 Å². The van der Waals surface area contributed by atoms with Crippen LogP contribution in [0.25, 0.3) is 0 Å².